The molecule has 2 saturated carbocycles. The number of amides is 4. The zero-order valence-electron chi connectivity index (χ0n) is 34.9. The molecule has 1 unspecified atom stereocenters. The first-order valence-corrected chi connectivity index (χ1v) is 21.9. The number of rotatable bonds is 9. The molecule has 6 aliphatic rings. The summed E-state index contributed by atoms with van der Waals surface area (Å²) in [5, 5.41) is 15.3. The molecule has 12 nitrogen and oxygen atoms in total. The van der Waals surface area contributed by atoms with Crippen molar-refractivity contribution in [3.63, 3.8) is 0 Å². The van der Waals surface area contributed by atoms with Crippen LogP contribution < -0.4 is 25.2 Å². The van der Waals surface area contributed by atoms with Crippen LogP contribution in [0.1, 0.15) is 98.1 Å². The van der Waals surface area contributed by atoms with Crippen LogP contribution in [0.5, 0.6) is 5.75 Å². The van der Waals surface area contributed by atoms with Gasteiger partial charge in [-0.1, -0.05) is 39.3 Å². The van der Waals surface area contributed by atoms with E-state index in [1.54, 1.807) is 23.1 Å². The minimum atomic E-state index is -0.595. The molecular formula is C47H54ClN7O5. The Morgan fingerprint density at radius 1 is 0.867 bits per heavy atom. The fourth-order valence-corrected chi connectivity index (χ4v) is 11.5. The van der Waals surface area contributed by atoms with Gasteiger partial charge in [-0.15, -0.1) is 0 Å². The first kappa shape index (κ1) is 40.3. The van der Waals surface area contributed by atoms with Gasteiger partial charge in [0.15, 0.2) is 0 Å². The zero-order valence-corrected chi connectivity index (χ0v) is 35.7. The minimum absolute atomic E-state index is 0.0906. The summed E-state index contributed by atoms with van der Waals surface area (Å²) in [5.41, 5.74) is 3.95. The summed E-state index contributed by atoms with van der Waals surface area (Å²) in [6.45, 7) is 15.3. The van der Waals surface area contributed by atoms with Gasteiger partial charge >= 0.3 is 0 Å². The van der Waals surface area contributed by atoms with E-state index in [0.29, 0.717) is 39.8 Å². The average molecular weight is 832 g/mol. The normalized spacial score (nSPS) is 25.6. The van der Waals surface area contributed by atoms with E-state index < -0.39 is 11.6 Å². The summed E-state index contributed by atoms with van der Waals surface area (Å²) in [6, 6.07) is 20.7. The van der Waals surface area contributed by atoms with Crippen LogP contribution in [-0.2, 0) is 15.1 Å². The SMILES string of the molecule is CC1(C)[C@H](NC(=O)c2ccc(N3CCC(CN4CCN(c5ccc6c(c5)C5(CC5)N(C5CCC(=O)NC5=O)C6=O)CC4)CC3)cc2)C(C)(C)[C@H]1Oc1ccc(C#N)c(Cl)c1. The lowest BCUT2D eigenvalue weighted by Crippen LogP contribution is -2.74. The molecule has 13 heteroatoms. The van der Waals surface area contributed by atoms with Crippen LogP contribution in [0.15, 0.2) is 60.7 Å². The number of anilines is 2. The Bertz CT molecular complexity index is 2250. The Morgan fingerprint density at radius 3 is 2.17 bits per heavy atom. The van der Waals surface area contributed by atoms with E-state index in [1.807, 2.05) is 18.2 Å². The molecule has 0 bridgehead atoms. The van der Waals surface area contributed by atoms with Crippen molar-refractivity contribution in [2.24, 2.45) is 16.7 Å². The number of nitriles is 1. The number of imide groups is 1. The molecule has 3 saturated heterocycles. The molecule has 3 aromatic carbocycles. The van der Waals surface area contributed by atoms with Crippen molar-refractivity contribution in [2.75, 3.05) is 55.6 Å². The van der Waals surface area contributed by atoms with Crippen LogP contribution in [-0.4, -0.2) is 97.4 Å². The quantitative estimate of drug-likeness (QED) is 0.245. The standard InChI is InChI=1S/C47H54ClN7O5/c1-45(2)43(46(3,4)44(45)60-34-11-7-31(27-49)37(48)26-34)51-40(57)30-5-8-32(9-6-30)53-19-15-29(16-20-53)28-52-21-23-54(24-22-52)33-10-12-35-36(25-33)47(17-18-47)55(42(35)59)38-13-14-39(56)50-41(38)58/h5-12,25-26,29,38,43-44H,13-24,28H2,1-4H3,(H,51,57)(H,50,56,58)/t38?,43-,44-. The van der Waals surface area contributed by atoms with E-state index in [-0.39, 0.29) is 53.0 Å². The molecule has 5 fully saturated rings. The first-order chi connectivity index (χ1) is 28.7. The van der Waals surface area contributed by atoms with Crippen molar-refractivity contribution < 1.29 is 23.9 Å². The van der Waals surface area contributed by atoms with Crippen molar-refractivity contribution >= 4 is 46.6 Å². The third-order valence-corrected chi connectivity index (χ3v) is 14.8. The topological polar surface area (TPSA) is 138 Å². The second kappa shape index (κ2) is 15.1. The number of benzene rings is 3. The highest BCUT2D eigenvalue weighted by Crippen LogP contribution is 2.59. The van der Waals surface area contributed by atoms with Gasteiger partial charge in [0.1, 0.15) is 24.0 Å². The van der Waals surface area contributed by atoms with Crippen LogP contribution in [0.3, 0.4) is 0 Å². The number of nitrogens with zero attached hydrogens (tertiary/aromatic N) is 5. The fourth-order valence-electron chi connectivity index (χ4n) is 11.3. The van der Waals surface area contributed by atoms with Gasteiger partial charge in [0.25, 0.3) is 11.8 Å². The molecule has 0 aromatic heterocycles. The van der Waals surface area contributed by atoms with Crippen LogP contribution in [0.4, 0.5) is 11.4 Å². The zero-order chi connectivity index (χ0) is 42.1. The lowest BCUT2D eigenvalue weighted by molar-refractivity contribution is -0.164. The number of carbonyl (C=O) groups excluding carboxylic acids is 4. The fraction of sp³-hybridized carbons (Fsp3) is 0.511. The van der Waals surface area contributed by atoms with Crippen LogP contribution in [0.25, 0.3) is 0 Å². The van der Waals surface area contributed by atoms with Crippen LogP contribution in [0.2, 0.25) is 5.02 Å². The van der Waals surface area contributed by atoms with Crippen molar-refractivity contribution in [1.82, 2.24) is 20.4 Å². The number of piperazine rings is 1. The third kappa shape index (κ3) is 6.97. The highest BCUT2D eigenvalue weighted by molar-refractivity contribution is 6.31. The lowest BCUT2D eigenvalue weighted by atomic mass is 9.49. The third-order valence-electron chi connectivity index (χ3n) is 14.5. The first-order valence-electron chi connectivity index (χ1n) is 21.5. The largest absolute Gasteiger partial charge is 0.489 e. The van der Waals surface area contributed by atoms with Crippen molar-refractivity contribution in [2.45, 2.75) is 89.9 Å². The summed E-state index contributed by atoms with van der Waals surface area (Å²) in [4.78, 5) is 60.9. The Labute approximate surface area is 357 Å². The number of piperidine rings is 2. The highest BCUT2D eigenvalue weighted by atomic mass is 35.5. The number of nitrogens with one attached hydrogen (secondary N) is 2. The van der Waals surface area contributed by atoms with Gasteiger partial charge in [-0.2, -0.15) is 5.26 Å². The maximum atomic E-state index is 13.6. The molecule has 60 heavy (non-hydrogen) atoms. The van der Waals surface area contributed by atoms with Gasteiger partial charge in [0.05, 0.1) is 16.1 Å². The molecule has 4 heterocycles. The van der Waals surface area contributed by atoms with Gasteiger partial charge in [-0.05, 0) is 98.2 Å². The number of hydrogen-bond donors (Lipinski definition) is 2. The van der Waals surface area contributed by atoms with Crippen molar-refractivity contribution in [1.29, 1.82) is 5.26 Å². The van der Waals surface area contributed by atoms with E-state index in [0.717, 1.165) is 88.4 Å². The summed E-state index contributed by atoms with van der Waals surface area (Å²) >= 11 is 6.26. The minimum Gasteiger partial charge on any atom is -0.489 e. The Balaban J connectivity index is 0.737. The highest BCUT2D eigenvalue weighted by Gasteiger charge is 2.64. The maximum absolute atomic E-state index is 13.6. The number of carbonyl (C=O) groups is 4. The lowest BCUT2D eigenvalue weighted by Gasteiger charge is -2.63. The van der Waals surface area contributed by atoms with E-state index >= 15 is 0 Å². The molecule has 4 amide bonds. The van der Waals surface area contributed by atoms with Gasteiger partial charge < -0.3 is 24.8 Å². The number of ether oxygens (including phenoxy) is 1. The monoisotopic (exact) mass is 831 g/mol. The number of hydrogen-bond acceptors (Lipinski definition) is 9. The molecule has 314 valence electrons. The van der Waals surface area contributed by atoms with Crippen LogP contribution in [0, 0.1) is 28.1 Å². The van der Waals surface area contributed by atoms with Crippen LogP contribution >= 0.6 is 11.6 Å². The number of halogens is 1. The summed E-state index contributed by atoms with van der Waals surface area (Å²) < 4.78 is 6.40. The van der Waals surface area contributed by atoms with E-state index in [1.165, 1.54) is 0 Å². The number of fused-ring (bicyclic) bond motifs is 2. The van der Waals surface area contributed by atoms with Crippen molar-refractivity contribution in [3.8, 4) is 11.8 Å². The second-order valence-electron chi connectivity index (χ2n) is 19.0. The average Bonchev–Trinajstić information content (AvgIpc) is 4.00. The smallest absolute Gasteiger partial charge is 0.255 e. The Morgan fingerprint density at radius 2 is 1.53 bits per heavy atom. The summed E-state index contributed by atoms with van der Waals surface area (Å²) in [5.74, 6) is 0.431. The van der Waals surface area contributed by atoms with E-state index in [4.69, 9.17) is 16.3 Å². The molecule has 1 atom stereocenters. The van der Waals surface area contributed by atoms with Gasteiger partial charge in [0.2, 0.25) is 11.8 Å². The van der Waals surface area contributed by atoms with Gasteiger partial charge in [0, 0.05) is 97.7 Å². The summed E-state index contributed by atoms with van der Waals surface area (Å²) in [7, 11) is 0. The Hall–Kier alpha value is -5.12. The predicted octanol–water partition coefficient (Wildman–Crippen LogP) is 6.11. The predicted molar refractivity (Wildman–Crippen MR) is 229 cm³/mol. The molecule has 2 aliphatic carbocycles. The molecule has 1 spiro atoms. The molecule has 9 rings (SSSR count). The Kier molecular flexibility index (Phi) is 10.1. The van der Waals surface area contributed by atoms with E-state index in [2.05, 4.69) is 83.4 Å². The maximum Gasteiger partial charge on any atom is 0.255 e. The van der Waals surface area contributed by atoms with Gasteiger partial charge in [-0.3, -0.25) is 29.4 Å². The molecule has 2 N–H and O–H groups in total. The molecule has 0 radical (unpaired) electrons. The van der Waals surface area contributed by atoms with Crippen molar-refractivity contribution in [3.05, 3.63) is 87.9 Å². The van der Waals surface area contributed by atoms with Gasteiger partial charge in [-0.25, -0.2) is 0 Å². The molecule has 3 aromatic rings. The van der Waals surface area contributed by atoms with E-state index in [9.17, 15) is 24.4 Å². The second-order valence-corrected chi connectivity index (χ2v) is 19.4. The molecule has 4 aliphatic heterocycles. The summed E-state index contributed by atoms with van der Waals surface area (Å²) in [6.07, 6.45) is 4.40. The molecular weight excluding hydrogens is 778 g/mol.